The first-order valence-corrected chi connectivity index (χ1v) is 10.4. The van der Waals surface area contributed by atoms with E-state index in [0.717, 1.165) is 22.0 Å². The molecule has 0 atom stereocenters. The number of aryl methyl sites for hydroxylation is 2. The summed E-state index contributed by atoms with van der Waals surface area (Å²) in [6.07, 6.45) is 3.27. The number of hydrogen-bond donors (Lipinski definition) is 0. The van der Waals surface area contributed by atoms with Crippen molar-refractivity contribution in [3.63, 3.8) is 0 Å². The molecule has 0 unspecified atom stereocenters. The van der Waals surface area contributed by atoms with E-state index in [1.54, 1.807) is 29.0 Å². The summed E-state index contributed by atoms with van der Waals surface area (Å²) in [5.74, 6) is -0.0675. The lowest BCUT2D eigenvalue weighted by molar-refractivity contribution is 0.0730. The van der Waals surface area contributed by atoms with E-state index in [1.807, 2.05) is 35.2 Å². The van der Waals surface area contributed by atoms with E-state index < -0.39 is 0 Å². The minimum atomic E-state index is -0.0675. The summed E-state index contributed by atoms with van der Waals surface area (Å²) >= 11 is 0. The van der Waals surface area contributed by atoms with Crippen LogP contribution in [0, 0.1) is 13.8 Å². The van der Waals surface area contributed by atoms with Gasteiger partial charge in [-0.1, -0.05) is 30.3 Å². The molecule has 158 valence electrons. The molecule has 1 amide bonds. The number of tetrazole rings is 1. The second-order valence-electron chi connectivity index (χ2n) is 7.96. The summed E-state index contributed by atoms with van der Waals surface area (Å²) in [6, 6.07) is 19.8. The molecule has 32 heavy (non-hydrogen) atoms. The van der Waals surface area contributed by atoms with Crippen LogP contribution in [0.3, 0.4) is 0 Å². The van der Waals surface area contributed by atoms with Gasteiger partial charge < -0.3 is 4.90 Å². The maximum atomic E-state index is 13.4. The zero-order valence-electron chi connectivity index (χ0n) is 17.9. The van der Waals surface area contributed by atoms with Gasteiger partial charge in [-0.05, 0) is 71.3 Å². The Hall–Kier alpha value is -4.13. The average Bonchev–Trinajstić information content (AvgIpc) is 3.31. The number of carbonyl (C=O) groups is 1. The van der Waals surface area contributed by atoms with Crippen LogP contribution in [0.4, 0.5) is 0 Å². The van der Waals surface area contributed by atoms with E-state index in [4.69, 9.17) is 0 Å². The van der Waals surface area contributed by atoms with Gasteiger partial charge in [-0.3, -0.25) is 9.78 Å². The predicted molar refractivity (Wildman–Crippen MR) is 122 cm³/mol. The van der Waals surface area contributed by atoms with E-state index in [0.29, 0.717) is 24.3 Å². The molecule has 7 nitrogen and oxygen atoms in total. The normalized spacial score (nSPS) is 11.2. The molecular weight excluding hydrogens is 400 g/mol. The first-order chi connectivity index (χ1) is 15.6. The Morgan fingerprint density at radius 1 is 0.938 bits per heavy atom. The average molecular weight is 422 g/mol. The highest BCUT2D eigenvalue weighted by molar-refractivity contribution is 5.94. The van der Waals surface area contributed by atoms with E-state index in [2.05, 4.69) is 52.6 Å². The van der Waals surface area contributed by atoms with Gasteiger partial charge in [0.25, 0.3) is 5.91 Å². The highest BCUT2D eigenvalue weighted by Gasteiger charge is 2.20. The van der Waals surface area contributed by atoms with Crippen molar-refractivity contribution in [2.75, 3.05) is 0 Å². The fourth-order valence-electron chi connectivity index (χ4n) is 3.93. The number of benzene rings is 2. The standard InChI is InChI=1S/C25H22N6O/c1-17-12-21-14-22(24-27-28-29-31(24)23(21)13-18(17)2)16-30(15-19-6-4-3-5-7-19)25(32)20-8-10-26-11-9-20/h3-14H,15-16H2,1-2H3. The topological polar surface area (TPSA) is 76.3 Å². The van der Waals surface area contributed by atoms with Gasteiger partial charge in [-0.15, -0.1) is 5.10 Å². The zero-order valence-corrected chi connectivity index (χ0v) is 17.9. The van der Waals surface area contributed by atoms with Crippen molar-refractivity contribution >= 4 is 22.5 Å². The van der Waals surface area contributed by atoms with Crippen molar-refractivity contribution in [2.45, 2.75) is 26.9 Å². The molecule has 0 aliphatic rings. The van der Waals surface area contributed by atoms with E-state index in [-0.39, 0.29) is 5.91 Å². The molecule has 0 saturated heterocycles. The van der Waals surface area contributed by atoms with Crippen molar-refractivity contribution in [2.24, 2.45) is 0 Å². The Bertz CT molecular complexity index is 1410. The number of fused-ring (bicyclic) bond motifs is 3. The summed E-state index contributed by atoms with van der Waals surface area (Å²) in [5.41, 5.74) is 6.53. The molecule has 3 heterocycles. The molecular formula is C25H22N6O. The third-order valence-electron chi connectivity index (χ3n) is 5.75. The van der Waals surface area contributed by atoms with Crippen LogP contribution in [0.15, 0.2) is 73.1 Å². The summed E-state index contributed by atoms with van der Waals surface area (Å²) < 4.78 is 1.76. The van der Waals surface area contributed by atoms with Crippen LogP contribution in [0.2, 0.25) is 0 Å². The highest BCUT2D eigenvalue weighted by atomic mass is 16.2. The number of rotatable bonds is 5. The van der Waals surface area contributed by atoms with E-state index in [1.165, 1.54) is 11.1 Å². The third kappa shape index (κ3) is 3.69. The molecule has 7 heteroatoms. The van der Waals surface area contributed by atoms with Crippen LogP contribution in [-0.4, -0.2) is 35.8 Å². The third-order valence-corrected chi connectivity index (χ3v) is 5.75. The second kappa shape index (κ2) is 8.19. The van der Waals surface area contributed by atoms with Gasteiger partial charge in [0.2, 0.25) is 0 Å². The lowest BCUT2D eigenvalue weighted by Gasteiger charge is -2.23. The maximum Gasteiger partial charge on any atom is 0.254 e. The SMILES string of the molecule is Cc1cc2cc(CN(Cc3ccccc3)C(=O)c3ccncc3)c3nnnn3c2cc1C. The molecule has 0 N–H and O–H groups in total. The van der Waals surface area contributed by atoms with Crippen LogP contribution in [-0.2, 0) is 13.1 Å². The second-order valence-corrected chi connectivity index (χ2v) is 7.96. The summed E-state index contributed by atoms with van der Waals surface area (Å²) in [5, 5.41) is 13.4. The minimum absolute atomic E-state index is 0.0675. The number of nitrogens with zero attached hydrogens (tertiary/aromatic N) is 6. The first kappa shape index (κ1) is 19.8. The lowest BCUT2D eigenvalue weighted by atomic mass is 10.0. The Morgan fingerprint density at radius 3 is 2.47 bits per heavy atom. The van der Waals surface area contributed by atoms with Crippen molar-refractivity contribution in [3.05, 3.63) is 101 Å². The molecule has 0 fully saturated rings. The van der Waals surface area contributed by atoms with E-state index in [9.17, 15) is 4.79 Å². The lowest BCUT2D eigenvalue weighted by Crippen LogP contribution is -2.30. The number of hydrogen-bond acceptors (Lipinski definition) is 5. The fourth-order valence-corrected chi connectivity index (χ4v) is 3.93. The van der Waals surface area contributed by atoms with Gasteiger partial charge in [-0.25, -0.2) is 0 Å². The molecule has 2 aromatic carbocycles. The largest absolute Gasteiger partial charge is 0.330 e. The quantitative estimate of drug-likeness (QED) is 0.426. The van der Waals surface area contributed by atoms with Crippen LogP contribution in [0.25, 0.3) is 16.6 Å². The van der Waals surface area contributed by atoms with E-state index >= 15 is 0 Å². The molecule has 0 bridgehead atoms. The number of aromatic nitrogens is 5. The zero-order chi connectivity index (χ0) is 22.1. The molecule has 5 rings (SSSR count). The molecule has 0 spiro atoms. The monoisotopic (exact) mass is 422 g/mol. The van der Waals surface area contributed by atoms with Crippen molar-refractivity contribution in [1.82, 2.24) is 29.9 Å². The Morgan fingerprint density at radius 2 is 1.69 bits per heavy atom. The van der Waals surface area contributed by atoms with Gasteiger partial charge >= 0.3 is 0 Å². The molecule has 0 saturated carbocycles. The smallest absolute Gasteiger partial charge is 0.254 e. The number of pyridine rings is 2. The van der Waals surface area contributed by atoms with Crippen LogP contribution < -0.4 is 0 Å². The van der Waals surface area contributed by atoms with Crippen LogP contribution in [0.5, 0.6) is 0 Å². The van der Waals surface area contributed by atoms with Crippen molar-refractivity contribution in [3.8, 4) is 0 Å². The van der Waals surface area contributed by atoms with Gasteiger partial charge in [0, 0.05) is 35.5 Å². The Labute approximate surface area is 185 Å². The van der Waals surface area contributed by atoms with Crippen molar-refractivity contribution < 1.29 is 4.79 Å². The molecule has 0 radical (unpaired) electrons. The van der Waals surface area contributed by atoms with Gasteiger partial charge in [-0.2, -0.15) is 4.52 Å². The van der Waals surface area contributed by atoms with Gasteiger partial charge in [0.15, 0.2) is 5.65 Å². The maximum absolute atomic E-state index is 13.4. The number of amides is 1. The molecule has 0 aliphatic carbocycles. The van der Waals surface area contributed by atoms with Gasteiger partial charge in [0.05, 0.1) is 12.1 Å². The van der Waals surface area contributed by atoms with Gasteiger partial charge in [0.1, 0.15) is 0 Å². The summed E-state index contributed by atoms with van der Waals surface area (Å²) in [6.45, 7) is 5.02. The molecule has 3 aromatic heterocycles. The minimum Gasteiger partial charge on any atom is -0.330 e. The number of carbonyl (C=O) groups excluding carboxylic acids is 1. The predicted octanol–water partition coefficient (Wildman–Crippen LogP) is 4.13. The first-order valence-electron chi connectivity index (χ1n) is 10.4. The molecule has 5 aromatic rings. The Balaban J connectivity index is 1.60. The fraction of sp³-hybridized carbons (Fsp3) is 0.160. The highest BCUT2D eigenvalue weighted by Crippen LogP contribution is 2.24. The van der Waals surface area contributed by atoms with Crippen molar-refractivity contribution in [1.29, 1.82) is 0 Å². The Kier molecular flexibility index (Phi) is 5.07. The summed E-state index contributed by atoms with van der Waals surface area (Å²) in [7, 11) is 0. The van der Waals surface area contributed by atoms with Crippen LogP contribution in [0.1, 0.15) is 32.6 Å². The van der Waals surface area contributed by atoms with Crippen LogP contribution >= 0.6 is 0 Å². The summed E-state index contributed by atoms with van der Waals surface area (Å²) in [4.78, 5) is 19.3. The molecule has 0 aliphatic heterocycles.